The van der Waals surface area contributed by atoms with Crippen molar-refractivity contribution in [1.82, 2.24) is 29.9 Å². The number of aromatic nitrogens is 6. The molecule has 0 aliphatic carbocycles. The van der Waals surface area contributed by atoms with E-state index in [-0.39, 0.29) is 6.04 Å². The smallest absolute Gasteiger partial charge is 0.162 e. The van der Waals surface area contributed by atoms with Gasteiger partial charge in [-0.1, -0.05) is 12.1 Å². The van der Waals surface area contributed by atoms with Crippen LogP contribution in [0.25, 0.3) is 33.3 Å². The molecule has 0 saturated heterocycles. The lowest BCUT2D eigenvalue weighted by molar-refractivity contribution is 0.622. The van der Waals surface area contributed by atoms with E-state index in [1.54, 1.807) is 18.6 Å². The summed E-state index contributed by atoms with van der Waals surface area (Å²) in [6, 6.07) is 8.80. The second-order valence-electron chi connectivity index (χ2n) is 6.93. The van der Waals surface area contributed by atoms with Gasteiger partial charge in [0.05, 0.1) is 35.5 Å². The molecule has 4 heterocycles. The van der Waals surface area contributed by atoms with E-state index in [1.165, 1.54) is 12.4 Å². The lowest BCUT2D eigenvalue weighted by Gasteiger charge is -2.19. The average Bonchev–Trinajstić information content (AvgIpc) is 3.23. The van der Waals surface area contributed by atoms with Crippen LogP contribution in [0.4, 0.5) is 15.9 Å². The number of hydrogen-bond acceptors (Lipinski definition) is 7. The van der Waals surface area contributed by atoms with E-state index < -0.39 is 5.82 Å². The van der Waals surface area contributed by atoms with Gasteiger partial charge in [-0.05, 0) is 25.1 Å². The van der Waals surface area contributed by atoms with E-state index in [0.29, 0.717) is 39.4 Å². The first-order chi connectivity index (χ1) is 14.6. The molecule has 0 aliphatic rings. The molecule has 4 N–H and O–H groups in total. The van der Waals surface area contributed by atoms with E-state index in [1.807, 2.05) is 25.1 Å². The number of nitrogen functional groups attached to an aromatic ring is 1. The summed E-state index contributed by atoms with van der Waals surface area (Å²) in [6.07, 6.45) is 5.78. The minimum Gasteiger partial charge on any atom is -0.397 e. The first-order valence-electron chi connectivity index (χ1n) is 9.31. The lowest BCUT2D eigenvalue weighted by Crippen LogP contribution is -2.11. The topological polar surface area (TPSA) is 118 Å². The van der Waals surface area contributed by atoms with Crippen molar-refractivity contribution in [3.63, 3.8) is 0 Å². The van der Waals surface area contributed by atoms with E-state index >= 15 is 0 Å². The molecule has 0 spiro atoms. The number of anilines is 2. The first kappa shape index (κ1) is 17.9. The number of benzene rings is 1. The molecule has 148 valence electrons. The maximum Gasteiger partial charge on any atom is 0.162 e. The van der Waals surface area contributed by atoms with Gasteiger partial charge in [0.1, 0.15) is 17.7 Å². The molecule has 4 aromatic heterocycles. The van der Waals surface area contributed by atoms with Gasteiger partial charge in [0.15, 0.2) is 11.5 Å². The van der Waals surface area contributed by atoms with Crippen molar-refractivity contribution in [3.8, 4) is 11.3 Å². The number of pyridine rings is 2. The van der Waals surface area contributed by atoms with Gasteiger partial charge in [0.25, 0.3) is 0 Å². The van der Waals surface area contributed by atoms with Gasteiger partial charge < -0.3 is 16.0 Å². The molecule has 0 radical (unpaired) electrons. The van der Waals surface area contributed by atoms with Crippen LogP contribution in [-0.2, 0) is 0 Å². The largest absolute Gasteiger partial charge is 0.397 e. The van der Waals surface area contributed by atoms with Gasteiger partial charge in [-0.3, -0.25) is 4.98 Å². The van der Waals surface area contributed by atoms with Crippen molar-refractivity contribution < 1.29 is 4.39 Å². The number of aromatic amines is 1. The zero-order valence-electron chi connectivity index (χ0n) is 16.0. The fourth-order valence-corrected chi connectivity index (χ4v) is 3.49. The zero-order chi connectivity index (χ0) is 20.7. The normalized spacial score (nSPS) is 12.3. The maximum absolute atomic E-state index is 13.9. The van der Waals surface area contributed by atoms with Crippen molar-refractivity contribution in [2.24, 2.45) is 0 Å². The van der Waals surface area contributed by atoms with Gasteiger partial charge in [0.2, 0.25) is 0 Å². The molecular formula is C21H17FN8. The molecule has 8 nitrogen and oxygen atoms in total. The second-order valence-corrected chi connectivity index (χ2v) is 6.93. The number of nitrogens with zero attached hydrogens (tertiary/aromatic N) is 5. The number of rotatable bonds is 4. The van der Waals surface area contributed by atoms with E-state index in [0.717, 1.165) is 17.1 Å². The number of imidazole rings is 1. The highest BCUT2D eigenvalue weighted by molar-refractivity contribution is 5.92. The first-order valence-corrected chi connectivity index (χ1v) is 9.31. The predicted octanol–water partition coefficient (Wildman–Crippen LogP) is 3.86. The summed E-state index contributed by atoms with van der Waals surface area (Å²) in [5, 5.41) is 4.26. The van der Waals surface area contributed by atoms with Crippen LogP contribution in [0, 0.1) is 5.82 Å². The third-order valence-corrected chi connectivity index (χ3v) is 4.92. The zero-order valence-corrected chi connectivity index (χ0v) is 16.0. The summed E-state index contributed by atoms with van der Waals surface area (Å²) >= 11 is 0. The highest BCUT2D eigenvalue weighted by Gasteiger charge is 2.18. The Morgan fingerprint density at radius 3 is 2.87 bits per heavy atom. The van der Waals surface area contributed by atoms with E-state index in [4.69, 9.17) is 10.7 Å². The van der Waals surface area contributed by atoms with Crippen LogP contribution in [0.3, 0.4) is 0 Å². The summed E-state index contributed by atoms with van der Waals surface area (Å²) < 4.78 is 13.9. The Morgan fingerprint density at radius 1 is 1.10 bits per heavy atom. The molecule has 1 atom stereocenters. The number of fused-ring (bicyclic) bond motifs is 2. The van der Waals surface area contributed by atoms with Crippen LogP contribution in [0.1, 0.15) is 18.5 Å². The summed E-state index contributed by atoms with van der Waals surface area (Å²) in [5.41, 5.74) is 10.6. The quantitative estimate of drug-likeness (QED) is 0.392. The Hall–Kier alpha value is -4.14. The minimum absolute atomic E-state index is 0.226. The van der Waals surface area contributed by atoms with Crippen molar-refractivity contribution in [3.05, 3.63) is 66.8 Å². The Labute approximate surface area is 170 Å². The molecule has 30 heavy (non-hydrogen) atoms. The van der Waals surface area contributed by atoms with Gasteiger partial charge in [0, 0.05) is 22.7 Å². The van der Waals surface area contributed by atoms with Crippen molar-refractivity contribution in [1.29, 1.82) is 0 Å². The number of halogens is 1. The number of hydrogen-bond donors (Lipinski definition) is 3. The van der Waals surface area contributed by atoms with Crippen molar-refractivity contribution in [2.75, 3.05) is 11.1 Å². The second kappa shape index (κ2) is 7.03. The monoisotopic (exact) mass is 400 g/mol. The highest BCUT2D eigenvalue weighted by Crippen LogP contribution is 2.33. The SMILES string of the molecule is C[C@H](Nc1ncnc2[nH]cnc12)c1cc2cccc(N)c2nc1-c1cncc(F)c1. The minimum atomic E-state index is -0.434. The Bertz CT molecular complexity index is 1380. The summed E-state index contributed by atoms with van der Waals surface area (Å²) in [6.45, 7) is 1.98. The maximum atomic E-state index is 13.9. The molecule has 5 aromatic rings. The third-order valence-electron chi connectivity index (χ3n) is 4.92. The number of nitrogens with one attached hydrogen (secondary N) is 2. The molecule has 1 aromatic carbocycles. The number of para-hydroxylation sites is 1. The van der Waals surface area contributed by atoms with Crippen LogP contribution in [-0.4, -0.2) is 29.9 Å². The van der Waals surface area contributed by atoms with Gasteiger partial charge in [-0.15, -0.1) is 0 Å². The molecule has 0 aliphatic heterocycles. The van der Waals surface area contributed by atoms with E-state index in [9.17, 15) is 4.39 Å². The number of nitrogens with two attached hydrogens (primary N) is 1. The fourth-order valence-electron chi connectivity index (χ4n) is 3.49. The number of H-pyrrole nitrogens is 1. The van der Waals surface area contributed by atoms with Crippen molar-refractivity contribution >= 4 is 33.6 Å². The Kier molecular flexibility index (Phi) is 4.20. The molecule has 0 saturated carbocycles. The van der Waals surface area contributed by atoms with Crippen LogP contribution >= 0.6 is 0 Å². The van der Waals surface area contributed by atoms with Gasteiger partial charge in [-0.2, -0.15) is 0 Å². The van der Waals surface area contributed by atoms with Crippen LogP contribution < -0.4 is 11.1 Å². The summed E-state index contributed by atoms with van der Waals surface area (Å²) in [4.78, 5) is 24.5. The third kappa shape index (κ3) is 3.06. The molecule has 0 fully saturated rings. The van der Waals surface area contributed by atoms with Gasteiger partial charge >= 0.3 is 0 Å². The summed E-state index contributed by atoms with van der Waals surface area (Å²) in [5.74, 6) is 0.153. The summed E-state index contributed by atoms with van der Waals surface area (Å²) in [7, 11) is 0. The molecule has 9 heteroatoms. The Morgan fingerprint density at radius 2 is 2.00 bits per heavy atom. The average molecular weight is 400 g/mol. The molecule has 0 amide bonds. The predicted molar refractivity (Wildman–Crippen MR) is 113 cm³/mol. The van der Waals surface area contributed by atoms with Crippen molar-refractivity contribution in [2.45, 2.75) is 13.0 Å². The molecule has 0 bridgehead atoms. The van der Waals surface area contributed by atoms with Crippen LogP contribution in [0.2, 0.25) is 0 Å². The van der Waals surface area contributed by atoms with Crippen LogP contribution in [0.5, 0.6) is 0 Å². The fraction of sp³-hybridized carbons (Fsp3) is 0.0952. The van der Waals surface area contributed by atoms with Gasteiger partial charge in [-0.25, -0.2) is 24.3 Å². The molecule has 5 rings (SSSR count). The molecule has 0 unspecified atom stereocenters. The molecular weight excluding hydrogens is 383 g/mol. The Balaban J connectivity index is 1.66. The lowest BCUT2D eigenvalue weighted by atomic mass is 9.99. The van der Waals surface area contributed by atoms with Crippen LogP contribution in [0.15, 0.2) is 55.4 Å². The van der Waals surface area contributed by atoms with E-state index in [2.05, 4.69) is 30.2 Å². The standard InChI is InChI=1S/C21H17FN8/c1-11(29-21-19-20(26-9-25-19)27-10-28-21)15-6-12-3-2-4-16(23)18(12)30-17(15)13-5-14(22)8-24-7-13/h2-11H,23H2,1H3,(H2,25,26,27,28,29)/t11-/m0/s1. The highest BCUT2D eigenvalue weighted by atomic mass is 19.1.